The van der Waals surface area contributed by atoms with Gasteiger partial charge in [0.1, 0.15) is 17.6 Å². The number of H-pyrrole nitrogens is 1. The third-order valence-corrected chi connectivity index (χ3v) is 2.54. The molecule has 2 heterocycles. The highest BCUT2D eigenvalue weighted by Crippen LogP contribution is 2.15. The zero-order valence-corrected chi connectivity index (χ0v) is 9.63. The predicted octanol–water partition coefficient (Wildman–Crippen LogP) is 1.43. The summed E-state index contributed by atoms with van der Waals surface area (Å²) < 4.78 is 4.89. The van der Waals surface area contributed by atoms with Crippen LogP contribution in [0.4, 0.5) is 0 Å². The molecule has 0 atom stereocenters. The molecule has 2 aromatic rings. The molecule has 0 bridgehead atoms. The van der Waals surface area contributed by atoms with Crippen molar-refractivity contribution in [2.75, 3.05) is 7.11 Å². The van der Waals surface area contributed by atoms with E-state index in [4.69, 9.17) is 16.3 Å². The fourth-order valence-corrected chi connectivity index (χ4v) is 1.53. The molecule has 0 aliphatic carbocycles. The Morgan fingerprint density at radius 3 is 2.94 bits per heavy atom. The second kappa shape index (κ2) is 4.19. The van der Waals surface area contributed by atoms with Gasteiger partial charge in [0.05, 0.1) is 5.39 Å². The van der Waals surface area contributed by atoms with E-state index in [1.54, 1.807) is 13.0 Å². The maximum Gasteiger partial charge on any atom is 0.260 e. The van der Waals surface area contributed by atoms with Crippen molar-refractivity contribution < 1.29 is 4.74 Å². The molecule has 0 spiro atoms. The van der Waals surface area contributed by atoms with E-state index in [2.05, 4.69) is 15.0 Å². The highest BCUT2D eigenvalue weighted by Gasteiger charge is 2.07. The molecule has 16 heavy (non-hydrogen) atoms. The highest BCUT2D eigenvalue weighted by atomic mass is 35.5. The van der Waals surface area contributed by atoms with Gasteiger partial charge >= 0.3 is 0 Å². The summed E-state index contributed by atoms with van der Waals surface area (Å²) in [7, 11) is 1.53. The van der Waals surface area contributed by atoms with E-state index in [1.165, 1.54) is 7.11 Å². The first-order valence-corrected chi connectivity index (χ1v) is 5.04. The van der Waals surface area contributed by atoms with Gasteiger partial charge in [0, 0.05) is 7.11 Å². The Kier molecular flexibility index (Phi) is 2.89. The van der Waals surface area contributed by atoms with Crippen LogP contribution >= 0.6 is 11.6 Å². The van der Waals surface area contributed by atoms with Crippen LogP contribution in [0, 0.1) is 6.92 Å². The lowest BCUT2D eigenvalue weighted by molar-refractivity contribution is 0.178. The Morgan fingerprint density at radius 1 is 1.50 bits per heavy atom. The van der Waals surface area contributed by atoms with Crippen LogP contribution in [0.1, 0.15) is 11.4 Å². The zero-order valence-electron chi connectivity index (χ0n) is 8.87. The highest BCUT2D eigenvalue weighted by molar-refractivity contribution is 6.30. The van der Waals surface area contributed by atoms with Crippen molar-refractivity contribution >= 4 is 22.6 Å². The molecular weight excluding hydrogens is 230 g/mol. The number of halogens is 1. The Hall–Kier alpha value is -1.46. The predicted molar refractivity (Wildman–Crippen MR) is 60.6 cm³/mol. The van der Waals surface area contributed by atoms with Gasteiger partial charge in [-0.2, -0.15) is 0 Å². The van der Waals surface area contributed by atoms with E-state index in [-0.39, 0.29) is 12.2 Å². The Morgan fingerprint density at radius 2 is 2.25 bits per heavy atom. The number of fused-ring (bicyclic) bond motifs is 1. The standard InChI is InChI=1S/C10H10ClN3O2/c1-5-3-6-9(14-8(5)11)12-7(4-16-2)13-10(6)15/h3H,4H2,1-2H3,(H,12,13,14,15). The number of pyridine rings is 1. The minimum absolute atomic E-state index is 0.232. The molecule has 2 aromatic heterocycles. The molecule has 6 heteroatoms. The summed E-state index contributed by atoms with van der Waals surface area (Å²) in [6.45, 7) is 2.02. The van der Waals surface area contributed by atoms with Crippen molar-refractivity contribution in [2.45, 2.75) is 13.5 Å². The first-order chi connectivity index (χ1) is 7.61. The molecule has 0 fully saturated rings. The molecule has 0 saturated heterocycles. The smallest absolute Gasteiger partial charge is 0.260 e. The van der Waals surface area contributed by atoms with Gasteiger partial charge in [-0.05, 0) is 18.6 Å². The van der Waals surface area contributed by atoms with Crippen LogP contribution < -0.4 is 5.56 Å². The van der Waals surface area contributed by atoms with Gasteiger partial charge in [-0.25, -0.2) is 9.97 Å². The van der Waals surface area contributed by atoms with E-state index < -0.39 is 0 Å². The monoisotopic (exact) mass is 239 g/mol. The maximum atomic E-state index is 11.7. The van der Waals surface area contributed by atoms with Crippen LogP contribution in [0.5, 0.6) is 0 Å². The summed E-state index contributed by atoms with van der Waals surface area (Å²) in [6.07, 6.45) is 0. The van der Waals surface area contributed by atoms with Gasteiger partial charge in [-0.3, -0.25) is 4.79 Å². The minimum atomic E-state index is -0.232. The van der Waals surface area contributed by atoms with Gasteiger partial charge in [0.2, 0.25) is 0 Å². The van der Waals surface area contributed by atoms with Crippen molar-refractivity contribution in [2.24, 2.45) is 0 Å². The van der Waals surface area contributed by atoms with Crippen LogP contribution in [0.2, 0.25) is 5.15 Å². The molecule has 1 N–H and O–H groups in total. The molecule has 0 saturated carbocycles. The number of aryl methyl sites for hydroxylation is 1. The number of ether oxygens (including phenoxy) is 1. The minimum Gasteiger partial charge on any atom is -0.377 e. The van der Waals surface area contributed by atoms with E-state index in [0.717, 1.165) is 5.56 Å². The number of nitrogens with one attached hydrogen (secondary N) is 1. The molecule has 0 aliphatic heterocycles. The molecule has 0 unspecified atom stereocenters. The molecule has 2 rings (SSSR count). The maximum absolute atomic E-state index is 11.7. The van der Waals surface area contributed by atoms with Crippen LogP contribution in [0.3, 0.4) is 0 Å². The van der Waals surface area contributed by atoms with Crippen LogP contribution in [-0.4, -0.2) is 22.1 Å². The first-order valence-electron chi connectivity index (χ1n) is 4.67. The fraction of sp³-hybridized carbons (Fsp3) is 0.300. The molecular formula is C10H10ClN3O2. The number of aromatic amines is 1. The Labute approximate surface area is 96.4 Å². The van der Waals surface area contributed by atoms with Gasteiger partial charge in [0.15, 0.2) is 5.65 Å². The Bertz CT molecular complexity index is 594. The molecule has 5 nitrogen and oxygen atoms in total. The number of methoxy groups -OCH3 is 1. The first kappa shape index (κ1) is 11.0. The SMILES string of the molecule is COCc1nc2nc(Cl)c(C)cc2c(=O)[nH]1. The molecule has 84 valence electrons. The topological polar surface area (TPSA) is 67.9 Å². The second-order valence-corrected chi connectivity index (χ2v) is 3.77. The summed E-state index contributed by atoms with van der Waals surface area (Å²) in [5.74, 6) is 0.437. The van der Waals surface area contributed by atoms with Crippen molar-refractivity contribution in [3.8, 4) is 0 Å². The quantitative estimate of drug-likeness (QED) is 0.805. The van der Waals surface area contributed by atoms with E-state index in [1.807, 2.05) is 0 Å². The normalized spacial score (nSPS) is 10.9. The number of rotatable bonds is 2. The number of hydrogen-bond acceptors (Lipinski definition) is 4. The number of hydrogen-bond donors (Lipinski definition) is 1. The summed E-state index contributed by atoms with van der Waals surface area (Å²) in [4.78, 5) is 22.5. The van der Waals surface area contributed by atoms with Crippen LogP contribution in [0.15, 0.2) is 10.9 Å². The third kappa shape index (κ3) is 1.91. The number of aromatic nitrogens is 3. The summed E-state index contributed by atoms with van der Waals surface area (Å²) in [6, 6.07) is 1.67. The summed E-state index contributed by atoms with van der Waals surface area (Å²) in [5.41, 5.74) is 0.858. The summed E-state index contributed by atoms with van der Waals surface area (Å²) in [5, 5.41) is 0.788. The van der Waals surface area contributed by atoms with Crippen molar-refractivity contribution in [3.05, 3.63) is 33.0 Å². The Balaban J connectivity index is 2.72. The third-order valence-electron chi connectivity index (χ3n) is 2.16. The zero-order chi connectivity index (χ0) is 11.7. The average Bonchev–Trinajstić information content (AvgIpc) is 2.22. The fourth-order valence-electron chi connectivity index (χ4n) is 1.39. The van der Waals surface area contributed by atoms with Gasteiger partial charge in [-0.15, -0.1) is 0 Å². The molecule has 0 amide bonds. The molecule has 0 radical (unpaired) electrons. The van der Waals surface area contributed by atoms with Crippen molar-refractivity contribution in [3.63, 3.8) is 0 Å². The van der Waals surface area contributed by atoms with Crippen molar-refractivity contribution in [1.82, 2.24) is 15.0 Å². The molecule has 0 aromatic carbocycles. The van der Waals surface area contributed by atoms with Crippen LogP contribution in [-0.2, 0) is 11.3 Å². The van der Waals surface area contributed by atoms with E-state index >= 15 is 0 Å². The lowest BCUT2D eigenvalue weighted by atomic mass is 10.2. The van der Waals surface area contributed by atoms with Gasteiger partial charge in [-0.1, -0.05) is 11.6 Å². The van der Waals surface area contributed by atoms with E-state index in [0.29, 0.717) is 22.0 Å². The van der Waals surface area contributed by atoms with E-state index in [9.17, 15) is 4.79 Å². The molecule has 0 aliphatic rings. The lowest BCUT2D eigenvalue weighted by Gasteiger charge is -2.03. The number of nitrogens with zero attached hydrogens (tertiary/aromatic N) is 2. The van der Waals surface area contributed by atoms with Crippen molar-refractivity contribution in [1.29, 1.82) is 0 Å². The van der Waals surface area contributed by atoms with Crippen LogP contribution in [0.25, 0.3) is 11.0 Å². The van der Waals surface area contributed by atoms with Gasteiger partial charge in [0.25, 0.3) is 5.56 Å². The average molecular weight is 240 g/mol. The second-order valence-electron chi connectivity index (χ2n) is 3.41. The summed E-state index contributed by atoms with van der Waals surface area (Å²) >= 11 is 5.87. The van der Waals surface area contributed by atoms with Gasteiger partial charge < -0.3 is 9.72 Å². The largest absolute Gasteiger partial charge is 0.377 e. The lowest BCUT2D eigenvalue weighted by Crippen LogP contribution is -2.13.